The second kappa shape index (κ2) is 4.97. The van der Waals surface area contributed by atoms with Gasteiger partial charge in [0.05, 0.1) is 0 Å². The van der Waals surface area contributed by atoms with E-state index < -0.39 is 0 Å². The molecule has 2 N–H and O–H groups in total. The van der Waals surface area contributed by atoms with Gasteiger partial charge in [-0.3, -0.25) is 0 Å². The molecule has 1 saturated heterocycles. The number of piperidine rings is 1. The van der Waals surface area contributed by atoms with Crippen molar-refractivity contribution < 1.29 is 0 Å². The van der Waals surface area contributed by atoms with Crippen LogP contribution in [0.3, 0.4) is 0 Å². The van der Waals surface area contributed by atoms with E-state index in [9.17, 15) is 0 Å². The van der Waals surface area contributed by atoms with Crippen LogP contribution in [0.4, 0.5) is 0 Å². The van der Waals surface area contributed by atoms with E-state index in [0.717, 1.165) is 12.6 Å². The van der Waals surface area contributed by atoms with Crippen molar-refractivity contribution in [3.05, 3.63) is 0 Å². The maximum absolute atomic E-state index is 3.57. The number of hydrogen-bond donors (Lipinski definition) is 2. The zero-order valence-electron chi connectivity index (χ0n) is 9.32. The van der Waals surface area contributed by atoms with E-state index in [-0.39, 0.29) is 5.54 Å². The minimum absolute atomic E-state index is 0.272. The van der Waals surface area contributed by atoms with Gasteiger partial charge in [-0.25, -0.2) is 0 Å². The maximum Gasteiger partial charge on any atom is 0.00965 e. The molecule has 2 heteroatoms. The highest BCUT2D eigenvalue weighted by Gasteiger charge is 2.13. The summed E-state index contributed by atoms with van der Waals surface area (Å²) in [6, 6.07) is 0.767. The van der Waals surface area contributed by atoms with Gasteiger partial charge in [-0.05, 0) is 53.1 Å². The first-order valence-corrected chi connectivity index (χ1v) is 5.56. The lowest BCUT2D eigenvalue weighted by Gasteiger charge is -2.26. The lowest BCUT2D eigenvalue weighted by atomic mass is 10.0. The van der Waals surface area contributed by atoms with Crippen molar-refractivity contribution in [1.29, 1.82) is 0 Å². The van der Waals surface area contributed by atoms with Crippen molar-refractivity contribution in [2.75, 3.05) is 13.1 Å². The number of rotatable bonds is 3. The van der Waals surface area contributed by atoms with Gasteiger partial charge in [0.2, 0.25) is 0 Å². The van der Waals surface area contributed by atoms with E-state index in [1.807, 2.05) is 0 Å². The Morgan fingerprint density at radius 3 is 2.62 bits per heavy atom. The van der Waals surface area contributed by atoms with Crippen LogP contribution in [-0.4, -0.2) is 24.7 Å². The lowest BCUT2D eigenvalue weighted by molar-refractivity contribution is 0.349. The molecular weight excluding hydrogens is 160 g/mol. The molecular formula is C11H24N2. The van der Waals surface area contributed by atoms with Crippen molar-refractivity contribution in [2.45, 2.75) is 58.0 Å². The summed E-state index contributed by atoms with van der Waals surface area (Å²) in [7, 11) is 0. The number of nitrogens with one attached hydrogen (secondary N) is 2. The standard InChI is InChI=1S/C11H24N2/c1-11(2,3)13-9-7-10-6-4-5-8-12-10/h10,12-13H,4-9H2,1-3H3. The van der Waals surface area contributed by atoms with Crippen molar-refractivity contribution in [1.82, 2.24) is 10.6 Å². The maximum atomic E-state index is 3.57. The molecule has 1 unspecified atom stereocenters. The molecule has 0 aliphatic carbocycles. The molecule has 78 valence electrons. The molecule has 1 aliphatic rings. The first-order valence-electron chi connectivity index (χ1n) is 5.56. The van der Waals surface area contributed by atoms with E-state index in [4.69, 9.17) is 0 Å². The first kappa shape index (κ1) is 11.0. The first-order chi connectivity index (χ1) is 6.08. The summed E-state index contributed by atoms with van der Waals surface area (Å²) >= 11 is 0. The summed E-state index contributed by atoms with van der Waals surface area (Å²) < 4.78 is 0. The third-order valence-electron chi connectivity index (χ3n) is 2.56. The van der Waals surface area contributed by atoms with Crippen LogP contribution in [0.2, 0.25) is 0 Å². The molecule has 1 rings (SSSR count). The SMILES string of the molecule is CC(C)(C)NCCC1CCCCN1. The van der Waals surface area contributed by atoms with E-state index in [2.05, 4.69) is 31.4 Å². The summed E-state index contributed by atoms with van der Waals surface area (Å²) in [4.78, 5) is 0. The summed E-state index contributed by atoms with van der Waals surface area (Å²) in [6.07, 6.45) is 5.42. The molecule has 0 aromatic rings. The van der Waals surface area contributed by atoms with Crippen LogP contribution >= 0.6 is 0 Å². The van der Waals surface area contributed by atoms with E-state index in [1.165, 1.54) is 32.2 Å². The lowest BCUT2D eigenvalue weighted by Crippen LogP contribution is -2.41. The summed E-state index contributed by atoms with van der Waals surface area (Å²) in [5, 5.41) is 7.09. The van der Waals surface area contributed by atoms with Gasteiger partial charge in [0.25, 0.3) is 0 Å². The molecule has 0 bridgehead atoms. The predicted octanol–water partition coefficient (Wildman–Crippen LogP) is 1.91. The van der Waals surface area contributed by atoms with Crippen LogP contribution in [0.1, 0.15) is 46.5 Å². The normalized spacial score (nSPS) is 24.7. The summed E-state index contributed by atoms with van der Waals surface area (Å²) in [5.74, 6) is 0. The molecule has 0 spiro atoms. The van der Waals surface area contributed by atoms with Crippen LogP contribution < -0.4 is 10.6 Å². The third kappa shape index (κ3) is 5.27. The van der Waals surface area contributed by atoms with Gasteiger partial charge in [-0.2, -0.15) is 0 Å². The van der Waals surface area contributed by atoms with Crippen LogP contribution in [0, 0.1) is 0 Å². The molecule has 0 saturated carbocycles. The van der Waals surface area contributed by atoms with E-state index in [1.54, 1.807) is 0 Å². The Kier molecular flexibility index (Phi) is 4.20. The molecule has 1 atom stereocenters. The largest absolute Gasteiger partial charge is 0.314 e. The molecule has 0 aromatic carbocycles. The predicted molar refractivity (Wildman–Crippen MR) is 58.0 cm³/mol. The fraction of sp³-hybridized carbons (Fsp3) is 1.00. The highest BCUT2D eigenvalue weighted by Crippen LogP contribution is 2.09. The van der Waals surface area contributed by atoms with Crippen LogP contribution in [-0.2, 0) is 0 Å². The fourth-order valence-corrected chi connectivity index (χ4v) is 1.79. The Morgan fingerprint density at radius 2 is 2.08 bits per heavy atom. The fourth-order valence-electron chi connectivity index (χ4n) is 1.79. The van der Waals surface area contributed by atoms with Crippen molar-refractivity contribution in [2.24, 2.45) is 0 Å². The van der Waals surface area contributed by atoms with Crippen molar-refractivity contribution >= 4 is 0 Å². The van der Waals surface area contributed by atoms with Gasteiger partial charge >= 0.3 is 0 Å². The second-order valence-corrected chi connectivity index (χ2v) is 5.11. The average molecular weight is 184 g/mol. The van der Waals surface area contributed by atoms with Gasteiger partial charge < -0.3 is 10.6 Å². The number of hydrogen-bond acceptors (Lipinski definition) is 2. The Labute approximate surface area is 82.5 Å². The second-order valence-electron chi connectivity index (χ2n) is 5.11. The van der Waals surface area contributed by atoms with Crippen LogP contribution in [0.5, 0.6) is 0 Å². The molecule has 13 heavy (non-hydrogen) atoms. The molecule has 0 amide bonds. The quantitative estimate of drug-likeness (QED) is 0.700. The molecule has 1 aliphatic heterocycles. The van der Waals surface area contributed by atoms with Gasteiger partial charge in [0.15, 0.2) is 0 Å². The van der Waals surface area contributed by atoms with Crippen LogP contribution in [0.25, 0.3) is 0 Å². The molecule has 1 fully saturated rings. The minimum atomic E-state index is 0.272. The third-order valence-corrected chi connectivity index (χ3v) is 2.56. The zero-order valence-corrected chi connectivity index (χ0v) is 9.32. The van der Waals surface area contributed by atoms with E-state index in [0.29, 0.717) is 0 Å². The van der Waals surface area contributed by atoms with Crippen molar-refractivity contribution in [3.8, 4) is 0 Å². The minimum Gasteiger partial charge on any atom is -0.314 e. The van der Waals surface area contributed by atoms with E-state index >= 15 is 0 Å². The Balaban J connectivity index is 2.04. The monoisotopic (exact) mass is 184 g/mol. The Bertz CT molecular complexity index is 132. The average Bonchev–Trinajstić information content (AvgIpc) is 2.04. The Hall–Kier alpha value is -0.0800. The smallest absolute Gasteiger partial charge is 0.00965 e. The highest BCUT2D eigenvalue weighted by molar-refractivity contribution is 4.76. The van der Waals surface area contributed by atoms with Crippen LogP contribution in [0.15, 0.2) is 0 Å². The molecule has 1 heterocycles. The molecule has 2 nitrogen and oxygen atoms in total. The van der Waals surface area contributed by atoms with Crippen molar-refractivity contribution in [3.63, 3.8) is 0 Å². The Morgan fingerprint density at radius 1 is 1.31 bits per heavy atom. The van der Waals surface area contributed by atoms with Gasteiger partial charge in [-0.1, -0.05) is 6.42 Å². The topological polar surface area (TPSA) is 24.1 Å². The zero-order chi connectivity index (χ0) is 9.73. The molecule has 0 radical (unpaired) electrons. The molecule has 0 aromatic heterocycles. The van der Waals surface area contributed by atoms with Gasteiger partial charge in [0.1, 0.15) is 0 Å². The summed E-state index contributed by atoms with van der Waals surface area (Å²) in [5.41, 5.74) is 0.272. The highest BCUT2D eigenvalue weighted by atomic mass is 15.0. The van der Waals surface area contributed by atoms with Gasteiger partial charge in [0, 0.05) is 11.6 Å². The van der Waals surface area contributed by atoms with Gasteiger partial charge in [-0.15, -0.1) is 0 Å². The summed E-state index contributed by atoms with van der Waals surface area (Å²) in [6.45, 7) is 9.03.